The number of ether oxygens (including phenoxy) is 2. The Labute approximate surface area is 240 Å². The summed E-state index contributed by atoms with van der Waals surface area (Å²) in [7, 11) is -1.51. The minimum atomic E-state index is -4.32. The van der Waals surface area contributed by atoms with Crippen molar-refractivity contribution >= 4 is 27.5 Å². The second kappa shape index (κ2) is 14.0. The lowest BCUT2D eigenvalue weighted by atomic mass is 10.1. The van der Waals surface area contributed by atoms with Gasteiger partial charge in [-0.2, -0.15) is 0 Å². The van der Waals surface area contributed by atoms with E-state index in [4.69, 9.17) is 9.47 Å². The summed E-state index contributed by atoms with van der Waals surface area (Å²) in [6.07, 6.45) is 0.678. The van der Waals surface area contributed by atoms with Gasteiger partial charge in [0.15, 0.2) is 0 Å². The van der Waals surface area contributed by atoms with Gasteiger partial charge >= 0.3 is 0 Å². The Bertz CT molecular complexity index is 1460. The largest absolute Gasteiger partial charge is 0.497 e. The summed E-state index contributed by atoms with van der Waals surface area (Å²) in [5, 5.41) is 2.75. The van der Waals surface area contributed by atoms with Crippen molar-refractivity contribution < 1.29 is 31.9 Å². The van der Waals surface area contributed by atoms with Crippen molar-refractivity contribution in [1.29, 1.82) is 0 Å². The van der Waals surface area contributed by atoms with Gasteiger partial charge in [0.1, 0.15) is 29.9 Å². The number of hydrogen-bond acceptors (Lipinski definition) is 6. The predicted octanol–water partition coefficient (Wildman–Crippen LogP) is 4.29. The summed E-state index contributed by atoms with van der Waals surface area (Å²) < 4.78 is 54.5. The average molecular weight is 586 g/mol. The second-order valence-corrected chi connectivity index (χ2v) is 11.3. The van der Waals surface area contributed by atoms with Crippen molar-refractivity contribution in [3.63, 3.8) is 0 Å². The van der Waals surface area contributed by atoms with Crippen molar-refractivity contribution in [2.75, 3.05) is 31.6 Å². The lowest BCUT2D eigenvalue weighted by Gasteiger charge is -2.32. The van der Waals surface area contributed by atoms with Gasteiger partial charge in [0.25, 0.3) is 10.0 Å². The van der Waals surface area contributed by atoms with E-state index in [1.807, 2.05) is 13.8 Å². The molecule has 1 N–H and O–H groups in total. The third-order valence-corrected chi connectivity index (χ3v) is 8.33. The number of carbonyl (C=O) groups is 2. The number of anilines is 1. The van der Waals surface area contributed by atoms with Crippen LogP contribution in [0.3, 0.4) is 0 Å². The van der Waals surface area contributed by atoms with Gasteiger partial charge in [-0.05, 0) is 50.6 Å². The Morgan fingerprint density at radius 1 is 1.00 bits per heavy atom. The standard InChI is InChI=1S/C30H36FN3O6S/c1-6-17-32-30(36)22(3)33(19-23-9-7-8-10-26(23)31)29(35)20-34(27-18-24(39-4)13-16-28(27)40-5)41(37,38)25-14-11-21(2)12-15-25/h7-16,18,22H,6,17,19-20H2,1-5H3,(H,32,36)/t22-/m0/s1. The van der Waals surface area contributed by atoms with E-state index in [0.29, 0.717) is 18.7 Å². The van der Waals surface area contributed by atoms with Gasteiger partial charge in [-0.15, -0.1) is 0 Å². The number of nitrogens with one attached hydrogen (secondary N) is 1. The zero-order chi connectivity index (χ0) is 30.2. The number of aryl methyl sites for hydroxylation is 1. The predicted molar refractivity (Wildman–Crippen MR) is 155 cm³/mol. The molecule has 0 aliphatic heterocycles. The SMILES string of the molecule is CCCNC(=O)[C@H](C)N(Cc1ccccc1F)C(=O)CN(c1cc(OC)ccc1OC)S(=O)(=O)c1ccc(C)cc1. The number of nitrogens with zero attached hydrogens (tertiary/aromatic N) is 2. The molecule has 1 atom stereocenters. The van der Waals surface area contributed by atoms with Crippen LogP contribution in [0.25, 0.3) is 0 Å². The normalized spacial score (nSPS) is 11.9. The van der Waals surface area contributed by atoms with Crippen molar-refractivity contribution in [1.82, 2.24) is 10.2 Å². The minimum absolute atomic E-state index is 0.0461. The molecular weight excluding hydrogens is 549 g/mol. The maximum absolute atomic E-state index is 14.7. The number of rotatable bonds is 13. The molecule has 11 heteroatoms. The first-order valence-corrected chi connectivity index (χ1v) is 14.6. The van der Waals surface area contributed by atoms with E-state index < -0.39 is 40.2 Å². The number of benzene rings is 3. The molecule has 0 bridgehead atoms. The van der Waals surface area contributed by atoms with Gasteiger partial charge in [-0.3, -0.25) is 13.9 Å². The highest BCUT2D eigenvalue weighted by molar-refractivity contribution is 7.92. The van der Waals surface area contributed by atoms with Crippen LogP contribution in [-0.2, 0) is 26.2 Å². The smallest absolute Gasteiger partial charge is 0.264 e. The lowest BCUT2D eigenvalue weighted by molar-refractivity contribution is -0.139. The topological polar surface area (TPSA) is 105 Å². The first-order valence-electron chi connectivity index (χ1n) is 13.2. The first kappa shape index (κ1) is 31.4. The fourth-order valence-electron chi connectivity index (χ4n) is 4.13. The fourth-order valence-corrected chi connectivity index (χ4v) is 5.55. The van der Waals surface area contributed by atoms with Crippen LogP contribution in [0.15, 0.2) is 71.6 Å². The van der Waals surface area contributed by atoms with Crippen LogP contribution in [0.4, 0.5) is 10.1 Å². The van der Waals surface area contributed by atoms with Crippen LogP contribution in [-0.4, -0.2) is 58.5 Å². The number of methoxy groups -OCH3 is 2. The highest BCUT2D eigenvalue weighted by Crippen LogP contribution is 2.36. The molecule has 3 aromatic rings. The lowest BCUT2D eigenvalue weighted by Crippen LogP contribution is -2.51. The highest BCUT2D eigenvalue weighted by atomic mass is 32.2. The van der Waals surface area contributed by atoms with Crippen LogP contribution in [0.2, 0.25) is 0 Å². The quantitative estimate of drug-likeness (QED) is 0.321. The molecule has 220 valence electrons. The molecular formula is C30H36FN3O6S. The average Bonchev–Trinajstić information content (AvgIpc) is 2.97. The molecule has 0 saturated carbocycles. The summed E-state index contributed by atoms with van der Waals surface area (Å²) in [4.78, 5) is 28.1. The van der Waals surface area contributed by atoms with Crippen molar-refractivity contribution in [2.45, 2.75) is 44.7 Å². The zero-order valence-corrected chi connectivity index (χ0v) is 24.7. The van der Waals surface area contributed by atoms with Gasteiger partial charge in [-0.1, -0.05) is 42.8 Å². The maximum Gasteiger partial charge on any atom is 0.264 e. The molecule has 9 nitrogen and oxygen atoms in total. The molecule has 0 fully saturated rings. The van der Waals surface area contributed by atoms with Crippen molar-refractivity contribution in [2.24, 2.45) is 0 Å². The van der Waals surface area contributed by atoms with Gasteiger partial charge < -0.3 is 19.7 Å². The van der Waals surface area contributed by atoms with Crippen molar-refractivity contribution in [3.8, 4) is 11.5 Å². The van der Waals surface area contributed by atoms with E-state index in [1.165, 1.54) is 68.5 Å². The molecule has 0 saturated heterocycles. The number of hydrogen-bond donors (Lipinski definition) is 1. The summed E-state index contributed by atoms with van der Waals surface area (Å²) in [5.41, 5.74) is 1.10. The molecule has 2 amide bonds. The van der Waals surface area contributed by atoms with Gasteiger partial charge in [-0.25, -0.2) is 12.8 Å². The van der Waals surface area contributed by atoms with Crippen molar-refractivity contribution in [3.05, 3.63) is 83.7 Å². The number of halogens is 1. The molecule has 0 radical (unpaired) electrons. The summed E-state index contributed by atoms with van der Waals surface area (Å²) in [6.45, 7) is 4.69. The summed E-state index contributed by atoms with van der Waals surface area (Å²) in [5.74, 6) is -1.18. The molecule has 0 aliphatic rings. The molecule has 41 heavy (non-hydrogen) atoms. The third-order valence-electron chi connectivity index (χ3n) is 6.56. The monoisotopic (exact) mass is 585 g/mol. The van der Waals surface area contributed by atoms with E-state index in [2.05, 4.69) is 5.32 Å². The Hall–Kier alpha value is -4.12. The Morgan fingerprint density at radius 3 is 2.29 bits per heavy atom. The van der Waals surface area contributed by atoms with E-state index >= 15 is 0 Å². The summed E-state index contributed by atoms with van der Waals surface area (Å²) in [6, 6.07) is 15.7. The number of sulfonamides is 1. The molecule has 0 aliphatic carbocycles. The van der Waals surface area contributed by atoms with Gasteiger partial charge in [0.2, 0.25) is 11.8 Å². The molecule has 0 heterocycles. The minimum Gasteiger partial charge on any atom is -0.497 e. The number of carbonyl (C=O) groups excluding carboxylic acids is 2. The third kappa shape index (κ3) is 7.55. The Kier molecular flexibility index (Phi) is 10.7. The molecule has 3 rings (SSSR count). The van der Waals surface area contributed by atoms with E-state index in [-0.39, 0.29) is 28.4 Å². The number of amides is 2. The Balaban J connectivity index is 2.12. The highest BCUT2D eigenvalue weighted by Gasteiger charge is 2.34. The zero-order valence-electron chi connectivity index (χ0n) is 23.9. The van der Waals surface area contributed by atoms with Crippen LogP contribution >= 0.6 is 0 Å². The second-order valence-electron chi connectivity index (χ2n) is 9.44. The van der Waals surface area contributed by atoms with Crippen LogP contribution < -0.4 is 19.1 Å². The molecule has 0 spiro atoms. The van der Waals surface area contributed by atoms with E-state index in [1.54, 1.807) is 24.3 Å². The molecule has 3 aromatic carbocycles. The molecule has 0 unspecified atom stereocenters. The first-order chi connectivity index (χ1) is 19.5. The Morgan fingerprint density at radius 2 is 1.68 bits per heavy atom. The fraction of sp³-hybridized carbons (Fsp3) is 0.333. The maximum atomic E-state index is 14.7. The molecule has 0 aromatic heterocycles. The van der Waals surface area contributed by atoms with E-state index in [0.717, 1.165) is 9.87 Å². The van der Waals surface area contributed by atoms with Gasteiger partial charge in [0.05, 0.1) is 24.8 Å². The van der Waals surface area contributed by atoms with Crippen LogP contribution in [0, 0.1) is 12.7 Å². The summed E-state index contributed by atoms with van der Waals surface area (Å²) >= 11 is 0. The van der Waals surface area contributed by atoms with E-state index in [9.17, 15) is 22.4 Å². The van der Waals surface area contributed by atoms with Crippen LogP contribution in [0.5, 0.6) is 11.5 Å². The van der Waals surface area contributed by atoms with Crippen LogP contribution in [0.1, 0.15) is 31.4 Å². The van der Waals surface area contributed by atoms with Gasteiger partial charge in [0, 0.05) is 24.7 Å².